The molecule has 0 radical (unpaired) electrons. The Kier molecular flexibility index (Phi) is 5.67. The van der Waals surface area contributed by atoms with Crippen molar-refractivity contribution >= 4 is 5.84 Å². The Morgan fingerprint density at radius 3 is 2.42 bits per heavy atom. The van der Waals surface area contributed by atoms with Crippen molar-refractivity contribution in [3.63, 3.8) is 0 Å². The lowest BCUT2D eigenvalue weighted by molar-refractivity contribution is 0.248. The Morgan fingerprint density at radius 1 is 1.37 bits per heavy atom. The monoisotopic (exact) mass is 264 g/mol. The highest BCUT2D eigenvalue weighted by Gasteiger charge is 2.10. The zero-order valence-corrected chi connectivity index (χ0v) is 12.2. The first-order valence-electron chi connectivity index (χ1n) is 6.71. The van der Waals surface area contributed by atoms with Crippen LogP contribution in [0.15, 0.2) is 17.3 Å². The van der Waals surface area contributed by atoms with Gasteiger partial charge in [0.1, 0.15) is 5.75 Å². The molecule has 0 aliphatic heterocycles. The third kappa shape index (κ3) is 4.16. The molecule has 1 atom stereocenters. The lowest BCUT2D eigenvalue weighted by Gasteiger charge is -2.16. The largest absolute Gasteiger partial charge is 0.493 e. The van der Waals surface area contributed by atoms with Gasteiger partial charge < -0.3 is 15.7 Å². The zero-order valence-electron chi connectivity index (χ0n) is 12.2. The van der Waals surface area contributed by atoms with Gasteiger partial charge in [-0.05, 0) is 49.4 Å². The van der Waals surface area contributed by atoms with Crippen LogP contribution in [0, 0.1) is 19.8 Å². The Balaban J connectivity index is 2.86. The van der Waals surface area contributed by atoms with Gasteiger partial charge in [0.2, 0.25) is 0 Å². The van der Waals surface area contributed by atoms with E-state index in [2.05, 4.69) is 19.0 Å². The minimum absolute atomic E-state index is 0.122. The molecule has 0 aliphatic rings. The van der Waals surface area contributed by atoms with E-state index in [0.717, 1.165) is 23.5 Å². The SMILES string of the molecule is CCCC(C)COc1c(C)cc(C(N)=NO)cc1C. The van der Waals surface area contributed by atoms with Gasteiger partial charge in [-0.2, -0.15) is 0 Å². The number of aryl methyl sites for hydroxylation is 2. The van der Waals surface area contributed by atoms with E-state index < -0.39 is 0 Å². The minimum atomic E-state index is 0.122. The van der Waals surface area contributed by atoms with Crippen molar-refractivity contribution in [1.29, 1.82) is 0 Å². The number of oxime groups is 1. The standard InChI is InChI=1S/C15H24N2O2/c1-5-6-10(2)9-19-14-11(3)7-13(8-12(14)4)15(16)17-18/h7-8,10,18H,5-6,9H2,1-4H3,(H2,16,17). The number of ether oxygens (including phenoxy) is 1. The van der Waals surface area contributed by atoms with Crippen molar-refractivity contribution in [2.45, 2.75) is 40.5 Å². The van der Waals surface area contributed by atoms with E-state index in [1.54, 1.807) is 0 Å². The summed E-state index contributed by atoms with van der Waals surface area (Å²) in [6.07, 6.45) is 2.34. The van der Waals surface area contributed by atoms with E-state index in [9.17, 15) is 0 Å². The Hall–Kier alpha value is -1.71. The summed E-state index contributed by atoms with van der Waals surface area (Å²) < 4.78 is 5.91. The normalized spacial score (nSPS) is 13.4. The Labute approximate surface area is 115 Å². The summed E-state index contributed by atoms with van der Waals surface area (Å²) in [5.74, 6) is 1.57. The summed E-state index contributed by atoms with van der Waals surface area (Å²) in [5.41, 5.74) is 8.33. The van der Waals surface area contributed by atoms with Crippen LogP contribution in [-0.2, 0) is 0 Å². The molecule has 1 aromatic carbocycles. The molecule has 0 aromatic heterocycles. The fourth-order valence-corrected chi connectivity index (χ4v) is 2.19. The van der Waals surface area contributed by atoms with E-state index in [1.165, 1.54) is 12.8 Å². The molecule has 0 heterocycles. The van der Waals surface area contributed by atoms with Crippen LogP contribution in [0.1, 0.15) is 43.4 Å². The van der Waals surface area contributed by atoms with Gasteiger partial charge in [-0.15, -0.1) is 0 Å². The second-order valence-corrected chi connectivity index (χ2v) is 5.13. The molecule has 0 bridgehead atoms. The fraction of sp³-hybridized carbons (Fsp3) is 0.533. The van der Waals surface area contributed by atoms with Crippen LogP contribution in [0.5, 0.6) is 5.75 Å². The van der Waals surface area contributed by atoms with Crippen LogP contribution in [0.3, 0.4) is 0 Å². The molecule has 0 amide bonds. The van der Waals surface area contributed by atoms with Crippen molar-refractivity contribution in [3.8, 4) is 5.75 Å². The van der Waals surface area contributed by atoms with Crippen LogP contribution in [0.25, 0.3) is 0 Å². The van der Waals surface area contributed by atoms with Crippen LogP contribution in [0.2, 0.25) is 0 Å². The molecule has 0 saturated heterocycles. The molecular formula is C15H24N2O2. The molecule has 1 rings (SSSR count). The van der Waals surface area contributed by atoms with Gasteiger partial charge in [-0.1, -0.05) is 25.4 Å². The zero-order chi connectivity index (χ0) is 14.4. The maximum atomic E-state index is 8.71. The van der Waals surface area contributed by atoms with E-state index in [-0.39, 0.29) is 5.84 Å². The first-order valence-corrected chi connectivity index (χ1v) is 6.71. The molecule has 1 unspecified atom stereocenters. The van der Waals surface area contributed by atoms with Gasteiger partial charge in [0.15, 0.2) is 5.84 Å². The van der Waals surface area contributed by atoms with Crippen molar-refractivity contribution in [1.82, 2.24) is 0 Å². The van der Waals surface area contributed by atoms with E-state index >= 15 is 0 Å². The number of benzene rings is 1. The summed E-state index contributed by atoms with van der Waals surface area (Å²) in [5, 5.41) is 11.7. The lowest BCUT2D eigenvalue weighted by atomic mass is 10.0. The van der Waals surface area contributed by atoms with Gasteiger partial charge in [-0.25, -0.2) is 0 Å². The van der Waals surface area contributed by atoms with Crippen molar-refractivity contribution in [2.75, 3.05) is 6.61 Å². The molecule has 106 valence electrons. The summed E-state index contributed by atoms with van der Waals surface area (Å²) in [4.78, 5) is 0. The topological polar surface area (TPSA) is 67.8 Å². The first-order chi connectivity index (χ1) is 8.99. The van der Waals surface area contributed by atoms with Gasteiger partial charge in [0.05, 0.1) is 6.61 Å². The van der Waals surface area contributed by atoms with Crippen LogP contribution < -0.4 is 10.5 Å². The minimum Gasteiger partial charge on any atom is -0.493 e. The van der Waals surface area contributed by atoms with Crippen molar-refractivity contribution in [3.05, 3.63) is 28.8 Å². The van der Waals surface area contributed by atoms with Crippen LogP contribution >= 0.6 is 0 Å². The number of nitrogens with two attached hydrogens (primary N) is 1. The van der Waals surface area contributed by atoms with E-state index in [4.69, 9.17) is 15.7 Å². The molecule has 0 fully saturated rings. The number of nitrogens with zero attached hydrogens (tertiary/aromatic N) is 1. The Bertz CT molecular complexity index is 432. The van der Waals surface area contributed by atoms with Gasteiger partial charge >= 0.3 is 0 Å². The average Bonchev–Trinajstić information content (AvgIpc) is 2.36. The summed E-state index contributed by atoms with van der Waals surface area (Å²) in [6.45, 7) is 9.04. The quantitative estimate of drug-likeness (QED) is 0.359. The Morgan fingerprint density at radius 2 is 1.95 bits per heavy atom. The third-order valence-corrected chi connectivity index (χ3v) is 3.16. The molecule has 3 N–H and O–H groups in total. The number of rotatable bonds is 6. The first kappa shape index (κ1) is 15.3. The average molecular weight is 264 g/mol. The molecule has 4 nitrogen and oxygen atoms in total. The maximum Gasteiger partial charge on any atom is 0.170 e. The van der Waals surface area contributed by atoms with Gasteiger partial charge in [-0.3, -0.25) is 0 Å². The fourth-order valence-electron chi connectivity index (χ4n) is 2.19. The molecule has 4 heteroatoms. The second kappa shape index (κ2) is 7.02. The highest BCUT2D eigenvalue weighted by Crippen LogP contribution is 2.25. The van der Waals surface area contributed by atoms with Crippen LogP contribution in [-0.4, -0.2) is 17.6 Å². The van der Waals surface area contributed by atoms with E-state index in [1.807, 2.05) is 26.0 Å². The van der Waals surface area contributed by atoms with Gasteiger partial charge in [0.25, 0.3) is 0 Å². The lowest BCUT2D eigenvalue weighted by Crippen LogP contribution is -2.14. The molecule has 19 heavy (non-hydrogen) atoms. The highest BCUT2D eigenvalue weighted by molar-refractivity contribution is 5.97. The number of hydrogen-bond donors (Lipinski definition) is 2. The molecular weight excluding hydrogens is 240 g/mol. The second-order valence-electron chi connectivity index (χ2n) is 5.13. The van der Waals surface area contributed by atoms with Gasteiger partial charge in [0, 0.05) is 5.56 Å². The number of hydrogen-bond acceptors (Lipinski definition) is 3. The number of amidine groups is 1. The van der Waals surface area contributed by atoms with Crippen molar-refractivity contribution < 1.29 is 9.94 Å². The summed E-state index contributed by atoms with van der Waals surface area (Å²) in [6, 6.07) is 3.75. The smallest absolute Gasteiger partial charge is 0.170 e. The predicted octanol–water partition coefficient (Wildman–Crippen LogP) is 3.21. The maximum absolute atomic E-state index is 8.71. The molecule has 1 aromatic rings. The molecule has 0 saturated carbocycles. The molecule has 0 aliphatic carbocycles. The predicted molar refractivity (Wildman–Crippen MR) is 78.0 cm³/mol. The summed E-state index contributed by atoms with van der Waals surface area (Å²) in [7, 11) is 0. The highest BCUT2D eigenvalue weighted by atomic mass is 16.5. The van der Waals surface area contributed by atoms with E-state index in [0.29, 0.717) is 11.5 Å². The van der Waals surface area contributed by atoms with Crippen molar-refractivity contribution in [2.24, 2.45) is 16.8 Å². The van der Waals surface area contributed by atoms with Crippen LogP contribution in [0.4, 0.5) is 0 Å². The summed E-state index contributed by atoms with van der Waals surface area (Å²) >= 11 is 0. The third-order valence-electron chi connectivity index (χ3n) is 3.16. The molecule has 0 spiro atoms.